The van der Waals surface area contributed by atoms with Gasteiger partial charge in [-0.3, -0.25) is 4.79 Å². The van der Waals surface area contributed by atoms with Crippen molar-refractivity contribution in [2.75, 3.05) is 21.3 Å². The second kappa shape index (κ2) is 6.86. The molecule has 0 saturated heterocycles. The van der Waals surface area contributed by atoms with Gasteiger partial charge in [-0.25, -0.2) is 0 Å². The van der Waals surface area contributed by atoms with Gasteiger partial charge in [-0.2, -0.15) is 0 Å². The molecule has 0 saturated carbocycles. The predicted octanol–water partition coefficient (Wildman–Crippen LogP) is 1.14. The van der Waals surface area contributed by atoms with E-state index in [1.807, 2.05) is 18.2 Å². The van der Waals surface area contributed by atoms with Crippen molar-refractivity contribution < 1.29 is 19.0 Å². The van der Waals surface area contributed by atoms with E-state index >= 15 is 0 Å². The van der Waals surface area contributed by atoms with Crippen LogP contribution in [-0.2, 0) is 16.0 Å². The van der Waals surface area contributed by atoms with Crippen LogP contribution in [0.1, 0.15) is 12.0 Å². The first-order valence-corrected chi connectivity index (χ1v) is 5.64. The van der Waals surface area contributed by atoms with Crippen LogP contribution in [0.25, 0.3) is 0 Å². The second-order valence-corrected chi connectivity index (χ2v) is 3.93. The topological polar surface area (TPSA) is 70.8 Å². The van der Waals surface area contributed by atoms with Crippen LogP contribution in [0.5, 0.6) is 11.5 Å². The number of esters is 1. The van der Waals surface area contributed by atoms with E-state index in [1.54, 1.807) is 14.2 Å². The molecule has 0 radical (unpaired) electrons. The fourth-order valence-corrected chi connectivity index (χ4v) is 1.68. The predicted molar refractivity (Wildman–Crippen MR) is 67.9 cm³/mol. The highest BCUT2D eigenvalue weighted by Crippen LogP contribution is 2.27. The molecule has 0 aromatic heterocycles. The van der Waals surface area contributed by atoms with E-state index in [1.165, 1.54) is 7.11 Å². The van der Waals surface area contributed by atoms with Crippen LogP contribution < -0.4 is 15.2 Å². The molecular weight excluding hydrogens is 234 g/mol. The molecule has 18 heavy (non-hydrogen) atoms. The molecule has 5 nitrogen and oxygen atoms in total. The van der Waals surface area contributed by atoms with Gasteiger partial charge in [0.1, 0.15) is 0 Å². The molecule has 0 amide bonds. The smallest absolute Gasteiger partial charge is 0.307 e. The maximum absolute atomic E-state index is 11.1. The molecule has 1 unspecified atom stereocenters. The number of carbonyl (C=O) groups excluding carboxylic acids is 1. The molecular formula is C13H19NO4. The molecule has 0 spiro atoms. The standard InChI is InChI=1S/C13H19NO4/c1-16-11-5-4-9(7-12(11)17-2)6-10(14)8-13(15)18-3/h4-5,7,10H,6,8,14H2,1-3H3. The highest BCUT2D eigenvalue weighted by molar-refractivity contribution is 5.69. The van der Waals surface area contributed by atoms with Gasteiger partial charge in [0.25, 0.3) is 0 Å². The molecule has 0 aliphatic rings. The molecule has 0 aliphatic carbocycles. The molecule has 1 atom stereocenters. The molecule has 0 bridgehead atoms. The third kappa shape index (κ3) is 3.92. The zero-order valence-corrected chi connectivity index (χ0v) is 10.9. The van der Waals surface area contributed by atoms with Crippen LogP contribution in [0.4, 0.5) is 0 Å². The van der Waals surface area contributed by atoms with Crippen LogP contribution in [-0.4, -0.2) is 33.3 Å². The van der Waals surface area contributed by atoms with Crippen molar-refractivity contribution in [2.24, 2.45) is 5.73 Å². The van der Waals surface area contributed by atoms with E-state index in [-0.39, 0.29) is 18.4 Å². The molecule has 1 rings (SSSR count). The summed E-state index contributed by atoms with van der Waals surface area (Å²) in [5.74, 6) is 1.02. The lowest BCUT2D eigenvalue weighted by atomic mass is 10.0. The van der Waals surface area contributed by atoms with E-state index in [2.05, 4.69) is 4.74 Å². The van der Waals surface area contributed by atoms with E-state index in [9.17, 15) is 4.79 Å². The summed E-state index contributed by atoms with van der Waals surface area (Å²) in [4.78, 5) is 11.1. The Balaban J connectivity index is 2.70. The normalized spacial score (nSPS) is 11.8. The van der Waals surface area contributed by atoms with Crippen LogP contribution in [0.15, 0.2) is 18.2 Å². The molecule has 1 aromatic carbocycles. The summed E-state index contributed by atoms with van der Waals surface area (Å²) in [6.07, 6.45) is 0.778. The van der Waals surface area contributed by atoms with Crippen molar-refractivity contribution in [3.05, 3.63) is 23.8 Å². The molecule has 0 aliphatic heterocycles. The number of rotatable bonds is 6. The first-order valence-electron chi connectivity index (χ1n) is 5.64. The van der Waals surface area contributed by atoms with Crippen molar-refractivity contribution in [1.29, 1.82) is 0 Å². The van der Waals surface area contributed by atoms with Gasteiger partial charge in [0.15, 0.2) is 11.5 Å². The maximum Gasteiger partial charge on any atom is 0.307 e. The summed E-state index contributed by atoms with van der Waals surface area (Å²) in [6.45, 7) is 0. The number of benzene rings is 1. The van der Waals surface area contributed by atoms with Crippen LogP contribution in [0, 0.1) is 0 Å². The summed E-state index contributed by atoms with van der Waals surface area (Å²) < 4.78 is 14.9. The number of hydrogen-bond acceptors (Lipinski definition) is 5. The maximum atomic E-state index is 11.1. The molecule has 5 heteroatoms. The molecule has 1 aromatic rings. The van der Waals surface area contributed by atoms with Crippen molar-refractivity contribution in [1.82, 2.24) is 0 Å². The monoisotopic (exact) mass is 253 g/mol. The first-order chi connectivity index (χ1) is 8.60. The zero-order chi connectivity index (χ0) is 13.5. The van der Waals surface area contributed by atoms with E-state index in [4.69, 9.17) is 15.2 Å². The zero-order valence-electron chi connectivity index (χ0n) is 10.9. The largest absolute Gasteiger partial charge is 0.493 e. The quantitative estimate of drug-likeness (QED) is 0.770. The van der Waals surface area contributed by atoms with E-state index in [0.717, 1.165) is 5.56 Å². The summed E-state index contributed by atoms with van der Waals surface area (Å²) in [7, 11) is 4.52. The third-order valence-electron chi connectivity index (χ3n) is 2.60. The lowest BCUT2D eigenvalue weighted by Gasteiger charge is -2.13. The first kappa shape index (κ1) is 14.3. The van der Waals surface area contributed by atoms with Crippen molar-refractivity contribution in [2.45, 2.75) is 18.9 Å². The van der Waals surface area contributed by atoms with Gasteiger partial charge in [-0.15, -0.1) is 0 Å². The highest BCUT2D eigenvalue weighted by Gasteiger charge is 2.12. The second-order valence-electron chi connectivity index (χ2n) is 3.93. The summed E-state index contributed by atoms with van der Waals surface area (Å²) in [6, 6.07) is 5.31. The summed E-state index contributed by atoms with van der Waals surface area (Å²) >= 11 is 0. The van der Waals surface area contributed by atoms with Crippen molar-refractivity contribution >= 4 is 5.97 Å². The number of ether oxygens (including phenoxy) is 3. The summed E-state index contributed by atoms with van der Waals surface area (Å²) in [5.41, 5.74) is 6.86. The van der Waals surface area contributed by atoms with Gasteiger partial charge < -0.3 is 19.9 Å². The van der Waals surface area contributed by atoms with Crippen molar-refractivity contribution in [3.63, 3.8) is 0 Å². The average molecular weight is 253 g/mol. The Labute approximate surface area is 107 Å². The minimum Gasteiger partial charge on any atom is -0.493 e. The van der Waals surface area contributed by atoms with Gasteiger partial charge >= 0.3 is 5.97 Å². The van der Waals surface area contributed by atoms with Gasteiger partial charge in [-0.1, -0.05) is 6.07 Å². The highest BCUT2D eigenvalue weighted by atomic mass is 16.5. The fraction of sp³-hybridized carbons (Fsp3) is 0.462. The molecule has 2 N–H and O–H groups in total. The van der Waals surface area contributed by atoms with Crippen LogP contribution in [0.2, 0.25) is 0 Å². The van der Waals surface area contributed by atoms with E-state index in [0.29, 0.717) is 17.9 Å². The lowest BCUT2D eigenvalue weighted by Crippen LogP contribution is -2.26. The number of methoxy groups -OCH3 is 3. The van der Waals surface area contributed by atoms with Gasteiger partial charge in [-0.05, 0) is 24.1 Å². The Morgan fingerprint density at radius 2 is 1.89 bits per heavy atom. The van der Waals surface area contributed by atoms with Gasteiger partial charge in [0.2, 0.25) is 0 Å². The minimum atomic E-state index is -0.303. The molecule has 0 heterocycles. The SMILES string of the molecule is COC(=O)CC(N)Cc1ccc(OC)c(OC)c1. The fourth-order valence-electron chi connectivity index (χ4n) is 1.68. The lowest BCUT2D eigenvalue weighted by molar-refractivity contribution is -0.140. The molecule has 100 valence electrons. The third-order valence-corrected chi connectivity index (χ3v) is 2.60. The Bertz CT molecular complexity index is 406. The minimum absolute atomic E-state index is 0.199. The summed E-state index contributed by atoms with van der Waals surface area (Å²) in [5, 5.41) is 0. The van der Waals surface area contributed by atoms with E-state index < -0.39 is 0 Å². The number of nitrogens with two attached hydrogens (primary N) is 1. The Morgan fingerprint density at radius 1 is 1.22 bits per heavy atom. The Kier molecular flexibility index (Phi) is 5.45. The van der Waals surface area contributed by atoms with Gasteiger partial charge in [0, 0.05) is 6.04 Å². The number of carbonyl (C=O) groups is 1. The van der Waals surface area contributed by atoms with Gasteiger partial charge in [0.05, 0.1) is 27.8 Å². The Hall–Kier alpha value is -1.75. The number of hydrogen-bond donors (Lipinski definition) is 1. The van der Waals surface area contributed by atoms with Crippen LogP contribution >= 0.6 is 0 Å². The van der Waals surface area contributed by atoms with Crippen LogP contribution in [0.3, 0.4) is 0 Å². The molecule has 0 fully saturated rings. The van der Waals surface area contributed by atoms with Crippen molar-refractivity contribution in [3.8, 4) is 11.5 Å². The average Bonchev–Trinajstić information content (AvgIpc) is 2.38. The Morgan fingerprint density at radius 3 is 2.44 bits per heavy atom.